The molecular weight excluding hydrogens is 306 g/mol. The first kappa shape index (κ1) is 15.1. The number of hydrogen-bond donors (Lipinski definition) is 2. The fourth-order valence-electron chi connectivity index (χ4n) is 3.54. The molecule has 2 fully saturated rings. The molecule has 1 saturated carbocycles. The van der Waals surface area contributed by atoms with Crippen molar-refractivity contribution >= 4 is 11.8 Å². The zero-order chi connectivity index (χ0) is 16.8. The van der Waals surface area contributed by atoms with E-state index in [0.29, 0.717) is 24.9 Å². The van der Waals surface area contributed by atoms with Crippen LogP contribution in [0.5, 0.6) is 0 Å². The molecule has 1 aliphatic heterocycles. The van der Waals surface area contributed by atoms with Gasteiger partial charge in [-0.25, -0.2) is 14.8 Å². The molecule has 3 heterocycles. The normalized spacial score (nSPS) is 26.7. The predicted octanol–water partition coefficient (Wildman–Crippen LogP) is 2.02. The Bertz CT molecular complexity index is 741. The number of fused-ring (bicyclic) bond motifs is 1. The lowest BCUT2D eigenvalue weighted by atomic mass is 9.96. The molecule has 7 nitrogen and oxygen atoms in total. The van der Waals surface area contributed by atoms with Crippen LogP contribution in [0.25, 0.3) is 0 Å². The van der Waals surface area contributed by atoms with Gasteiger partial charge in [0.1, 0.15) is 5.82 Å². The predicted molar refractivity (Wildman–Crippen MR) is 88.6 cm³/mol. The Morgan fingerprint density at radius 1 is 1.46 bits per heavy atom. The number of anilines is 1. The zero-order valence-corrected chi connectivity index (χ0v) is 13.8. The Morgan fingerprint density at radius 2 is 2.33 bits per heavy atom. The average molecular weight is 327 g/mol. The van der Waals surface area contributed by atoms with Gasteiger partial charge in [-0.15, -0.1) is 0 Å². The maximum absolute atomic E-state index is 12.3. The summed E-state index contributed by atoms with van der Waals surface area (Å²) in [6.45, 7) is 5.48. The molecule has 2 aromatic rings. The zero-order valence-electron chi connectivity index (χ0n) is 13.8. The molecule has 2 unspecified atom stereocenters. The number of pyridine rings is 1. The number of aromatic nitrogens is 3. The fourth-order valence-corrected chi connectivity index (χ4v) is 3.54. The molecule has 4 rings (SSSR count). The number of ether oxygens (including phenoxy) is 1. The Morgan fingerprint density at radius 3 is 2.92 bits per heavy atom. The minimum absolute atomic E-state index is 0.231. The van der Waals surface area contributed by atoms with Crippen LogP contribution in [0.15, 0.2) is 37.1 Å². The SMILES string of the molecule is CC1(C)OCC2CC21NC(=O)Nc1ccc(Cn2ccnc2)cn1. The molecule has 1 aliphatic carbocycles. The van der Waals surface area contributed by atoms with E-state index in [1.165, 1.54) is 0 Å². The van der Waals surface area contributed by atoms with Gasteiger partial charge in [-0.2, -0.15) is 0 Å². The maximum Gasteiger partial charge on any atom is 0.320 e. The Labute approximate surface area is 140 Å². The molecule has 126 valence electrons. The van der Waals surface area contributed by atoms with Crippen molar-refractivity contribution in [3.63, 3.8) is 0 Å². The van der Waals surface area contributed by atoms with Crippen molar-refractivity contribution in [2.45, 2.75) is 38.0 Å². The van der Waals surface area contributed by atoms with Crippen molar-refractivity contribution in [2.24, 2.45) is 5.92 Å². The van der Waals surface area contributed by atoms with E-state index in [2.05, 4.69) is 20.6 Å². The van der Waals surface area contributed by atoms with Crippen molar-refractivity contribution in [1.82, 2.24) is 19.9 Å². The van der Waals surface area contributed by atoms with Gasteiger partial charge in [0.2, 0.25) is 0 Å². The summed E-state index contributed by atoms with van der Waals surface area (Å²) in [6, 6.07) is 3.53. The van der Waals surface area contributed by atoms with Crippen LogP contribution in [-0.2, 0) is 11.3 Å². The number of carbonyl (C=O) groups is 1. The molecular formula is C17H21N5O2. The highest BCUT2D eigenvalue weighted by molar-refractivity contribution is 5.89. The van der Waals surface area contributed by atoms with E-state index in [9.17, 15) is 4.79 Å². The molecule has 24 heavy (non-hydrogen) atoms. The van der Waals surface area contributed by atoms with Gasteiger partial charge in [0.25, 0.3) is 0 Å². The van der Waals surface area contributed by atoms with Crippen LogP contribution in [0.1, 0.15) is 25.8 Å². The van der Waals surface area contributed by atoms with Gasteiger partial charge in [0.15, 0.2) is 0 Å². The standard InChI is InChI=1S/C17H21N5O2/c1-16(2)17(7-13(17)10-24-16)21-15(23)20-14-4-3-12(8-19-14)9-22-6-5-18-11-22/h3-6,8,11,13H,7,9-10H2,1-2H3,(H2,19,20,21,23). The van der Waals surface area contributed by atoms with Gasteiger partial charge in [-0.05, 0) is 31.9 Å². The highest BCUT2D eigenvalue weighted by Crippen LogP contribution is 2.57. The molecule has 7 heteroatoms. The number of carbonyl (C=O) groups excluding carboxylic acids is 1. The quantitative estimate of drug-likeness (QED) is 0.900. The van der Waals surface area contributed by atoms with Crippen molar-refractivity contribution in [3.05, 3.63) is 42.6 Å². The van der Waals surface area contributed by atoms with Crippen LogP contribution in [0, 0.1) is 5.92 Å². The lowest BCUT2D eigenvalue weighted by molar-refractivity contribution is -0.00667. The Hall–Kier alpha value is -2.41. The van der Waals surface area contributed by atoms with E-state index in [4.69, 9.17) is 4.74 Å². The summed E-state index contributed by atoms with van der Waals surface area (Å²) < 4.78 is 7.72. The van der Waals surface area contributed by atoms with Gasteiger partial charge in [-0.3, -0.25) is 5.32 Å². The number of imidazole rings is 1. The van der Waals surface area contributed by atoms with E-state index in [-0.39, 0.29) is 17.2 Å². The first-order valence-corrected chi connectivity index (χ1v) is 8.12. The summed E-state index contributed by atoms with van der Waals surface area (Å²) in [5.41, 5.74) is 0.486. The number of hydrogen-bond acceptors (Lipinski definition) is 4. The first-order chi connectivity index (χ1) is 11.5. The highest BCUT2D eigenvalue weighted by Gasteiger charge is 2.69. The topological polar surface area (TPSA) is 81.1 Å². The Balaban J connectivity index is 1.36. The molecule has 2 aromatic heterocycles. The fraction of sp³-hybridized carbons (Fsp3) is 0.471. The van der Waals surface area contributed by atoms with Gasteiger partial charge >= 0.3 is 6.03 Å². The van der Waals surface area contributed by atoms with Crippen LogP contribution >= 0.6 is 0 Å². The number of urea groups is 1. The summed E-state index contributed by atoms with van der Waals surface area (Å²) >= 11 is 0. The summed E-state index contributed by atoms with van der Waals surface area (Å²) in [7, 11) is 0. The molecule has 2 atom stereocenters. The number of nitrogens with zero attached hydrogens (tertiary/aromatic N) is 3. The van der Waals surface area contributed by atoms with Crippen LogP contribution in [0.2, 0.25) is 0 Å². The van der Waals surface area contributed by atoms with E-state index in [1.54, 1.807) is 18.7 Å². The third kappa shape index (κ3) is 2.54. The van der Waals surface area contributed by atoms with E-state index in [0.717, 1.165) is 12.0 Å². The lowest BCUT2D eigenvalue weighted by Gasteiger charge is -2.30. The van der Waals surface area contributed by atoms with Crippen molar-refractivity contribution in [3.8, 4) is 0 Å². The average Bonchev–Trinajstić information content (AvgIpc) is 2.89. The minimum Gasteiger partial charge on any atom is -0.373 e. The summed E-state index contributed by atoms with van der Waals surface area (Å²) in [5.74, 6) is 0.955. The van der Waals surface area contributed by atoms with Crippen molar-refractivity contribution < 1.29 is 9.53 Å². The maximum atomic E-state index is 12.3. The number of amides is 2. The summed E-state index contributed by atoms with van der Waals surface area (Å²) in [5, 5.41) is 5.90. The number of nitrogens with one attached hydrogen (secondary N) is 2. The minimum atomic E-state index is -0.322. The first-order valence-electron chi connectivity index (χ1n) is 8.12. The second-order valence-electron chi connectivity index (χ2n) is 7.06. The lowest BCUT2D eigenvalue weighted by Crippen LogP contribution is -2.52. The number of rotatable bonds is 4. The van der Waals surface area contributed by atoms with Crippen molar-refractivity contribution in [1.29, 1.82) is 0 Å². The van der Waals surface area contributed by atoms with Gasteiger partial charge in [0, 0.05) is 31.1 Å². The van der Waals surface area contributed by atoms with Crippen LogP contribution in [0.3, 0.4) is 0 Å². The van der Waals surface area contributed by atoms with E-state index >= 15 is 0 Å². The second-order valence-corrected chi connectivity index (χ2v) is 7.06. The summed E-state index contributed by atoms with van der Waals surface area (Å²) in [6.07, 6.45) is 8.14. The monoisotopic (exact) mass is 327 g/mol. The van der Waals surface area contributed by atoms with Gasteiger partial charge in [0.05, 0.1) is 24.1 Å². The van der Waals surface area contributed by atoms with Gasteiger partial charge in [-0.1, -0.05) is 6.07 Å². The molecule has 2 amide bonds. The summed E-state index contributed by atoms with van der Waals surface area (Å²) in [4.78, 5) is 20.6. The van der Waals surface area contributed by atoms with Gasteiger partial charge < -0.3 is 14.6 Å². The van der Waals surface area contributed by atoms with E-state index < -0.39 is 0 Å². The van der Waals surface area contributed by atoms with Crippen molar-refractivity contribution in [2.75, 3.05) is 11.9 Å². The molecule has 2 aliphatic rings. The Kier molecular flexibility index (Phi) is 3.35. The molecule has 1 saturated heterocycles. The van der Waals surface area contributed by atoms with Crippen LogP contribution < -0.4 is 10.6 Å². The smallest absolute Gasteiger partial charge is 0.320 e. The second kappa shape index (κ2) is 5.31. The molecule has 0 aromatic carbocycles. The third-order valence-corrected chi connectivity index (χ3v) is 5.15. The molecule has 2 N–H and O–H groups in total. The van der Waals surface area contributed by atoms with E-state index in [1.807, 2.05) is 36.7 Å². The van der Waals surface area contributed by atoms with Crippen LogP contribution in [-0.4, -0.2) is 38.3 Å². The third-order valence-electron chi connectivity index (χ3n) is 5.15. The largest absolute Gasteiger partial charge is 0.373 e. The molecule has 0 spiro atoms. The molecule has 0 radical (unpaired) electrons. The molecule has 0 bridgehead atoms. The van der Waals surface area contributed by atoms with Crippen LogP contribution in [0.4, 0.5) is 10.6 Å². The highest BCUT2D eigenvalue weighted by atomic mass is 16.5.